The highest BCUT2D eigenvalue weighted by atomic mass is 19.1. The van der Waals surface area contributed by atoms with Crippen LogP contribution in [0.25, 0.3) is 0 Å². The van der Waals surface area contributed by atoms with Crippen molar-refractivity contribution in [2.24, 2.45) is 5.73 Å². The van der Waals surface area contributed by atoms with Crippen molar-refractivity contribution < 1.29 is 9.13 Å². The molecule has 2 atom stereocenters. The number of hydrogen-bond donors (Lipinski definition) is 1. The largest absolute Gasteiger partial charge is 0.377 e. The van der Waals surface area contributed by atoms with Gasteiger partial charge < -0.3 is 10.5 Å². The molecule has 2 N–H and O–H groups in total. The first-order valence-corrected chi connectivity index (χ1v) is 7.54. The molecule has 4 heteroatoms. The molecular formula is C16H25FN2O. The molecule has 2 rings (SSSR count). The molecule has 2 unspecified atom stereocenters. The summed E-state index contributed by atoms with van der Waals surface area (Å²) in [6.07, 6.45) is 3.70. The summed E-state index contributed by atoms with van der Waals surface area (Å²) < 4.78 is 18.7. The first-order chi connectivity index (χ1) is 9.69. The Morgan fingerprint density at radius 2 is 2.15 bits per heavy atom. The topological polar surface area (TPSA) is 38.5 Å². The standard InChI is InChI=1S/C16H25FN2O/c1-2-10-20-15-4-3-9-19(11-15)12-16(18)13-5-7-14(17)8-6-13/h5-8,15-16H,2-4,9-12,18H2,1H3. The molecule has 1 saturated heterocycles. The second-order valence-electron chi connectivity index (χ2n) is 5.55. The van der Waals surface area contributed by atoms with Crippen LogP contribution in [0.15, 0.2) is 24.3 Å². The smallest absolute Gasteiger partial charge is 0.123 e. The summed E-state index contributed by atoms with van der Waals surface area (Å²) in [7, 11) is 0. The molecule has 1 fully saturated rings. The number of hydrogen-bond acceptors (Lipinski definition) is 3. The third-order valence-corrected chi connectivity index (χ3v) is 3.77. The average Bonchev–Trinajstić information content (AvgIpc) is 2.46. The van der Waals surface area contributed by atoms with Crippen LogP contribution in [0.2, 0.25) is 0 Å². The summed E-state index contributed by atoms with van der Waals surface area (Å²) >= 11 is 0. The first kappa shape index (κ1) is 15.4. The van der Waals surface area contributed by atoms with Gasteiger partial charge in [-0.25, -0.2) is 4.39 Å². The van der Waals surface area contributed by atoms with Crippen molar-refractivity contribution in [1.29, 1.82) is 0 Å². The molecule has 0 amide bonds. The van der Waals surface area contributed by atoms with Crippen LogP contribution in [0, 0.1) is 5.82 Å². The lowest BCUT2D eigenvalue weighted by Gasteiger charge is -2.34. The molecule has 20 heavy (non-hydrogen) atoms. The second-order valence-corrected chi connectivity index (χ2v) is 5.55. The summed E-state index contributed by atoms with van der Waals surface area (Å²) in [5.74, 6) is -0.216. The number of benzene rings is 1. The van der Waals surface area contributed by atoms with Crippen LogP contribution < -0.4 is 5.73 Å². The van der Waals surface area contributed by atoms with Crippen molar-refractivity contribution in [3.05, 3.63) is 35.6 Å². The Morgan fingerprint density at radius 1 is 1.40 bits per heavy atom. The predicted molar refractivity (Wildman–Crippen MR) is 79.0 cm³/mol. The minimum atomic E-state index is -0.216. The summed E-state index contributed by atoms with van der Waals surface area (Å²) in [5, 5.41) is 0. The van der Waals surface area contributed by atoms with Crippen molar-refractivity contribution >= 4 is 0 Å². The number of nitrogens with zero attached hydrogens (tertiary/aromatic N) is 1. The summed E-state index contributed by atoms with van der Waals surface area (Å²) in [6, 6.07) is 6.42. The molecule has 0 aliphatic carbocycles. The lowest BCUT2D eigenvalue weighted by Crippen LogP contribution is -2.43. The number of likely N-dealkylation sites (tertiary alicyclic amines) is 1. The Hall–Kier alpha value is -0.970. The molecule has 112 valence electrons. The van der Waals surface area contributed by atoms with Crippen LogP contribution in [0.4, 0.5) is 4.39 Å². The van der Waals surface area contributed by atoms with Crippen molar-refractivity contribution in [3.8, 4) is 0 Å². The van der Waals surface area contributed by atoms with Crippen LogP contribution in [0.1, 0.15) is 37.8 Å². The van der Waals surface area contributed by atoms with E-state index in [-0.39, 0.29) is 11.9 Å². The van der Waals surface area contributed by atoms with Crippen LogP contribution in [0.5, 0.6) is 0 Å². The maximum atomic E-state index is 12.9. The van der Waals surface area contributed by atoms with Gasteiger partial charge in [-0.1, -0.05) is 19.1 Å². The maximum Gasteiger partial charge on any atom is 0.123 e. The van der Waals surface area contributed by atoms with E-state index >= 15 is 0 Å². The zero-order valence-corrected chi connectivity index (χ0v) is 12.2. The third-order valence-electron chi connectivity index (χ3n) is 3.77. The van der Waals surface area contributed by atoms with Crippen LogP contribution in [0.3, 0.4) is 0 Å². The molecule has 0 saturated carbocycles. The van der Waals surface area contributed by atoms with Crippen LogP contribution >= 0.6 is 0 Å². The van der Waals surface area contributed by atoms with Crippen molar-refractivity contribution in [2.45, 2.75) is 38.3 Å². The average molecular weight is 280 g/mol. The van der Waals surface area contributed by atoms with Crippen molar-refractivity contribution in [1.82, 2.24) is 4.90 Å². The Morgan fingerprint density at radius 3 is 2.85 bits per heavy atom. The molecule has 1 aliphatic heterocycles. The molecule has 0 radical (unpaired) electrons. The quantitative estimate of drug-likeness (QED) is 0.870. The second kappa shape index (κ2) is 7.72. The molecule has 0 bridgehead atoms. The number of nitrogens with two attached hydrogens (primary N) is 1. The Labute approximate surface area is 120 Å². The minimum absolute atomic E-state index is 0.0690. The summed E-state index contributed by atoms with van der Waals surface area (Å²) in [6.45, 7) is 5.79. The summed E-state index contributed by atoms with van der Waals surface area (Å²) in [4.78, 5) is 2.36. The number of ether oxygens (including phenoxy) is 1. The molecule has 1 aliphatic rings. The van der Waals surface area contributed by atoms with Gasteiger partial charge in [-0.15, -0.1) is 0 Å². The fourth-order valence-electron chi connectivity index (χ4n) is 2.69. The minimum Gasteiger partial charge on any atom is -0.377 e. The van der Waals surface area contributed by atoms with E-state index in [0.717, 1.165) is 51.1 Å². The van der Waals surface area contributed by atoms with Gasteiger partial charge in [0.2, 0.25) is 0 Å². The molecule has 1 aromatic carbocycles. The van der Waals surface area contributed by atoms with E-state index in [1.807, 2.05) is 0 Å². The highest BCUT2D eigenvalue weighted by Crippen LogP contribution is 2.18. The molecule has 0 aromatic heterocycles. The summed E-state index contributed by atoms with van der Waals surface area (Å²) in [5.41, 5.74) is 7.21. The van der Waals surface area contributed by atoms with Crippen molar-refractivity contribution in [3.63, 3.8) is 0 Å². The van der Waals surface area contributed by atoms with E-state index in [4.69, 9.17) is 10.5 Å². The number of halogens is 1. The molecule has 1 aromatic rings. The van der Waals surface area contributed by atoms with Crippen molar-refractivity contribution in [2.75, 3.05) is 26.2 Å². The van der Waals surface area contributed by atoms with Gasteiger partial charge in [-0.05, 0) is 43.5 Å². The SMILES string of the molecule is CCCOC1CCCN(CC(N)c2ccc(F)cc2)C1. The van der Waals surface area contributed by atoms with E-state index in [1.54, 1.807) is 12.1 Å². The fourth-order valence-corrected chi connectivity index (χ4v) is 2.69. The van der Waals surface area contributed by atoms with E-state index in [1.165, 1.54) is 12.1 Å². The first-order valence-electron chi connectivity index (χ1n) is 7.54. The molecule has 3 nitrogen and oxygen atoms in total. The lowest BCUT2D eigenvalue weighted by atomic mass is 10.0. The van der Waals surface area contributed by atoms with E-state index in [9.17, 15) is 4.39 Å². The lowest BCUT2D eigenvalue weighted by molar-refractivity contribution is -0.00138. The maximum absolute atomic E-state index is 12.9. The van der Waals surface area contributed by atoms with Crippen LogP contribution in [-0.2, 0) is 4.74 Å². The third kappa shape index (κ3) is 4.54. The molecule has 0 spiro atoms. The van der Waals surface area contributed by atoms with E-state index < -0.39 is 0 Å². The number of rotatable bonds is 6. The van der Waals surface area contributed by atoms with Gasteiger partial charge in [0, 0.05) is 25.7 Å². The Balaban J connectivity index is 1.84. The monoisotopic (exact) mass is 280 g/mol. The van der Waals surface area contributed by atoms with E-state index in [2.05, 4.69) is 11.8 Å². The van der Waals surface area contributed by atoms with Gasteiger partial charge in [-0.2, -0.15) is 0 Å². The number of piperidine rings is 1. The zero-order valence-electron chi connectivity index (χ0n) is 12.2. The van der Waals surface area contributed by atoms with Gasteiger partial charge in [0.25, 0.3) is 0 Å². The zero-order chi connectivity index (χ0) is 14.4. The Bertz CT molecular complexity index is 396. The van der Waals surface area contributed by atoms with Crippen LogP contribution in [-0.4, -0.2) is 37.2 Å². The fraction of sp³-hybridized carbons (Fsp3) is 0.625. The highest BCUT2D eigenvalue weighted by molar-refractivity contribution is 5.19. The predicted octanol–water partition coefficient (Wildman–Crippen LogP) is 2.72. The highest BCUT2D eigenvalue weighted by Gasteiger charge is 2.22. The van der Waals surface area contributed by atoms with Gasteiger partial charge in [0.1, 0.15) is 5.82 Å². The van der Waals surface area contributed by atoms with Gasteiger partial charge in [-0.3, -0.25) is 4.90 Å². The molecular weight excluding hydrogens is 255 g/mol. The van der Waals surface area contributed by atoms with Gasteiger partial charge in [0.15, 0.2) is 0 Å². The Kier molecular flexibility index (Phi) is 5.95. The normalized spacial score (nSPS) is 21.9. The van der Waals surface area contributed by atoms with Gasteiger partial charge >= 0.3 is 0 Å². The molecule has 1 heterocycles. The van der Waals surface area contributed by atoms with Gasteiger partial charge in [0.05, 0.1) is 6.10 Å². The van der Waals surface area contributed by atoms with E-state index in [0.29, 0.717) is 6.10 Å².